The molecule has 0 heterocycles. The first-order chi connectivity index (χ1) is 8.60. The number of amides is 2. The van der Waals surface area contributed by atoms with E-state index in [1.165, 1.54) is 12.1 Å². The molecule has 1 aromatic carbocycles. The third-order valence-electron chi connectivity index (χ3n) is 2.53. The number of halogens is 1. The van der Waals surface area contributed by atoms with E-state index < -0.39 is 11.8 Å². The zero-order valence-corrected chi connectivity index (χ0v) is 9.48. The van der Waals surface area contributed by atoms with E-state index >= 15 is 0 Å². The van der Waals surface area contributed by atoms with Gasteiger partial charge in [0.2, 0.25) is 0 Å². The highest BCUT2D eigenvalue weighted by Gasteiger charge is 2.23. The van der Waals surface area contributed by atoms with Gasteiger partial charge in [-0.3, -0.25) is 0 Å². The van der Waals surface area contributed by atoms with Crippen molar-refractivity contribution in [1.82, 2.24) is 5.32 Å². The second-order valence-electron chi connectivity index (χ2n) is 4.05. The predicted octanol–water partition coefficient (Wildman–Crippen LogP) is 1.20. The Morgan fingerprint density at radius 3 is 2.83 bits per heavy atom. The van der Waals surface area contributed by atoms with Gasteiger partial charge in [0.25, 0.3) is 0 Å². The highest BCUT2D eigenvalue weighted by Crippen LogP contribution is 2.20. The van der Waals surface area contributed by atoms with Crippen molar-refractivity contribution in [2.45, 2.75) is 18.9 Å². The summed E-state index contributed by atoms with van der Waals surface area (Å²) in [5.41, 5.74) is 5.83. The Bertz CT molecular complexity index is 500. The van der Waals surface area contributed by atoms with Crippen LogP contribution in [0.4, 0.5) is 14.9 Å². The lowest BCUT2D eigenvalue weighted by Gasteiger charge is -2.10. The van der Waals surface area contributed by atoms with E-state index in [9.17, 15) is 9.18 Å². The van der Waals surface area contributed by atoms with Crippen LogP contribution in [0.3, 0.4) is 0 Å². The van der Waals surface area contributed by atoms with Gasteiger partial charge in [-0.05, 0) is 31.0 Å². The number of nitrogens with zero attached hydrogens (tertiary/aromatic N) is 1. The Morgan fingerprint density at radius 1 is 1.50 bits per heavy atom. The second-order valence-corrected chi connectivity index (χ2v) is 4.05. The van der Waals surface area contributed by atoms with Gasteiger partial charge in [-0.25, -0.2) is 9.18 Å². The highest BCUT2D eigenvalue weighted by molar-refractivity contribution is 6.05. The number of oxime groups is 1. The number of benzene rings is 1. The third-order valence-corrected chi connectivity index (χ3v) is 2.53. The maximum atomic E-state index is 13.1. The molecule has 1 aromatic rings. The smallest absolute Gasteiger partial charge is 0.319 e. The Kier molecular flexibility index (Phi) is 3.31. The number of carbonyl (C=O) groups excluding carboxylic acids is 1. The summed E-state index contributed by atoms with van der Waals surface area (Å²) < 4.78 is 13.1. The van der Waals surface area contributed by atoms with Gasteiger partial charge in [0.05, 0.1) is 5.69 Å². The lowest BCUT2D eigenvalue weighted by molar-refractivity contribution is 0.251. The van der Waals surface area contributed by atoms with E-state index in [2.05, 4.69) is 15.8 Å². The predicted molar refractivity (Wildman–Crippen MR) is 64.1 cm³/mol. The van der Waals surface area contributed by atoms with Crippen LogP contribution in [0.25, 0.3) is 0 Å². The first-order valence-electron chi connectivity index (χ1n) is 5.45. The van der Waals surface area contributed by atoms with Crippen molar-refractivity contribution in [3.63, 3.8) is 0 Å². The first-order valence-corrected chi connectivity index (χ1v) is 5.45. The molecule has 0 spiro atoms. The molecule has 5 N–H and O–H groups in total. The van der Waals surface area contributed by atoms with Crippen LogP contribution in [0.1, 0.15) is 18.4 Å². The van der Waals surface area contributed by atoms with E-state index in [-0.39, 0.29) is 23.1 Å². The van der Waals surface area contributed by atoms with Gasteiger partial charge in [0.15, 0.2) is 5.84 Å². The number of urea groups is 1. The number of amidine groups is 1. The number of nitrogens with two attached hydrogens (primary N) is 1. The lowest BCUT2D eigenvalue weighted by atomic mass is 10.1. The van der Waals surface area contributed by atoms with E-state index in [1.54, 1.807) is 0 Å². The SMILES string of the molecule is N/C(=N/O)c1cc(F)ccc1NC(=O)NC1CC1. The Morgan fingerprint density at radius 2 is 2.22 bits per heavy atom. The molecule has 0 unspecified atom stereocenters. The summed E-state index contributed by atoms with van der Waals surface area (Å²) in [6, 6.07) is 3.44. The summed E-state index contributed by atoms with van der Waals surface area (Å²) in [6.45, 7) is 0. The molecule has 1 aliphatic rings. The van der Waals surface area contributed by atoms with Gasteiger partial charge in [-0.2, -0.15) is 0 Å². The maximum Gasteiger partial charge on any atom is 0.319 e. The normalized spacial score (nSPS) is 15.3. The van der Waals surface area contributed by atoms with Crippen LogP contribution in [0.15, 0.2) is 23.4 Å². The van der Waals surface area contributed by atoms with E-state index in [1.807, 2.05) is 0 Å². The highest BCUT2D eigenvalue weighted by atomic mass is 19.1. The van der Waals surface area contributed by atoms with E-state index in [0.717, 1.165) is 18.9 Å². The van der Waals surface area contributed by atoms with Gasteiger partial charge >= 0.3 is 6.03 Å². The molecule has 0 atom stereocenters. The lowest BCUT2D eigenvalue weighted by Crippen LogP contribution is -2.31. The van der Waals surface area contributed by atoms with Gasteiger partial charge in [-0.15, -0.1) is 0 Å². The summed E-state index contributed by atoms with van der Waals surface area (Å²) in [7, 11) is 0. The third kappa shape index (κ3) is 2.88. The molecule has 0 radical (unpaired) electrons. The average Bonchev–Trinajstić information content (AvgIpc) is 3.14. The van der Waals surface area contributed by atoms with Crippen LogP contribution in [-0.2, 0) is 0 Å². The summed E-state index contributed by atoms with van der Waals surface area (Å²) in [5, 5.41) is 16.7. The molecule has 1 saturated carbocycles. The number of nitrogens with one attached hydrogen (secondary N) is 2. The topological polar surface area (TPSA) is 99.7 Å². The molecule has 0 aliphatic heterocycles. The molecule has 2 amide bonds. The molecule has 0 aromatic heterocycles. The van der Waals surface area contributed by atoms with Crippen molar-refractivity contribution in [1.29, 1.82) is 0 Å². The van der Waals surface area contributed by atoms with Crippen LogP contribution in [0, 0.1) is 5.82 Å². The number of hydrogen-bond donors (Lipinski definition) is 4. The zero-order valence-electron chi connectivity index (χ0n) is 9.48. The van der Waals surface area contributed by atoms with Crippen molar-refractivity contribution in [2.24, 2.45) is 10.9 Å². The summed E-state index contributed by atoms with van der Waals surface area (Å²) in [4.78, 5) is 11.6. The summed E-state index contributed by atoms with van der Waals surface area (Å²) >= 11 is 0. The zero-order chi connectivity index (χ0) is 13.1. The largest absolute Gasteiger partial charge is 0.409 e. The minimum absolute atomic E-state index is 0.128. The van der Waals surface area contributed by atoms with Crippen molar-refractivity contribution in [2.75, 3.05) is 5.32 Å². The molecule has 6 nitrogen and oxygen atoms in total. The van der Waals surface area contributed by atoms with Crippen molar-refractivity contribution in [3.05, 3.63) is 29.6 Å². The molecular formula is C11H13FN4O2. The Labute approximate surface area is 103 Å². The van der Waals surface area contributed by atoms with Crippen LogP contribution < -0.4 is 16.4 Å². The molecule has 18 heavy (non-hydrogen) atoms. The summed E-state index contributed by atoms with van der Waals surface area (Å²) in [5.74, 6) is -0.805. The fourth-order valence-electron chi connectivity index (χ4n) is 1.46. The van der Waals surface area contributed by atoms with Gasteiger partial charge in [0, 0.05) is 11.6 Å². The number of carbonyl (C=O) groups is 1. The minimum atomic E-state index is -0.537. The number of rotatable bonds is 3. The molecule has 0 bridgehead atoms. The maximum absolute atomic E-state index is 13.1. The van der Waals surface area contributed by atoms with Crippen LogP contribution >= 0.6 is 0 Å². The van der Waals surface area contributed by atoms with Gasteiger partial charge in [0.1, 0.15) is 5.82 Å². The minimum Gasteiger partial charge on any atom is -0.409 e. The Balaban J connectivity index is 2.17. The molecular weight excluding hydrogens is 239 g/mol. The van der Waals surface area contributed by atoms with Crippen LogP contribution in [0.2, 0.25) is 0 Å². The second kappa shape index (κ2) is 4.91. The Hall–Kier alpha value is -2.31. The fraction of sp³-hybridized carbons (Fsp3) is 0.273. The molecule has 96 valence electrons. The standard InChI is InChI=1S/C11H13FN4O2/c12-6-1-4-9(8(5-6)10(13)16-18)15-11(17)14-7-2-3-7/h1,4-5,7,18H,2-3H2,(H2,13,16)(H2,14,15,17). The van der Waals surface area contributed by atoms with Crippen molar-refractivity contribution < 1.29 is 14.4 Å². The quantitative estimate of drug-likeness (QED) is 0.281. The molecule has 2 rings (SSSR count). The van der Waals surface area contributed by atoms with E-state index in [4.69, 9.17) is 10.9 Å². The van der Waals surface area contributed by atoms with Crippen LogP contribution in [-0.4, -0.2) is 23.1 Å². The van der Waals surface area contributed by atoms with Gasteiger partial charge in [-0.1, -0.05) is 5.16 Å². The molecule has 7 heteroatoms. The first kappa shape index (κ1) is 12.2. The monoisotopic (exact) mass is 252 g/mol. The number of hydrogen-bond acceptors (Lipinski definition) is 3. The van der Waals surface area contributed by atoms with Crippen LogP contribution in [0.5, 0.6) is 0 Å². The molecule has 0 saturated heterocycles. The molecule has 1 aliphatic carbocycles. The van der Waals surface area contributed by atoms with Crippen molar-refractivity contribution >= 4 is 17.6 Å². The summed E-state index contributed by atoms with van der Waals surface area (Å²) in [6.07, 6.45) is 1.92. The van der Waals surface area contributed by atoms with Crippen molar-refractivity contribution in [3.8, 4) is 0 Å². The molecule has 1 fully saturated rings. The van der Waals surface area contributed by atoms with E-state index in [0.29, 0.717) is 0 Å². The van der Waals surface area contributed by atoms with Gasteiger partial charge < -0.3 is 21.6 Å². The average molecular weight is 252 g/mol. The number of anilines is 1. The fourth-order valence-corrected chi connectivity index (χ4v) is 1.46.